The minimum absolute atomic E-state index is 0.347. The van der Waals surface area contributed by atoms with Gasteiger partial charge in [-0.25, -0.2) is 0 Å². The molecule has 1 aliphatic rings. The van der Waals surface area contributed by atoms with Gasteiger partial charge in [0, 0.05) is 28.4 Å². The van der Waals surface area contributed by atoms with E-state index in [1.54, 1.807) is 0 Å². The minimum atomic E-state index is 0.347. The number of nitrogens with zero attached hydrogens (tertiary/aromatic N) is 1. The van der Waals surface area contributed by atoms with Crippen LogP contribution >= 0.6 is 11.3 Å². The first-order chi connectivity index (χ1) is 10.0. The Morgan fingerprint density at radius 3 is 2.57 bits per heavy atom. The van der Waals surface area contributed by atoms with Gasteiger partial charge < -0.3 is 15.0 Å². The van der Waals surface area contributed by atoms with Crippen molar-refractivity contribution in [3.8, 4) is 0 Å². The lowest BCUT2D eigenvalue weighted by molar-refractivity contribution is 0.0523. The maximum atomic E-state index is 5.64. The maximum absolute atomic E-state index is 5.64. The van der Waals surface area contributed by atoms with E-state index in [2.05, 4.69) is 50.0 Å². The molecule has 3 nitrogen and oxygen atoms in total. The van der Waals surface area contributed by atoms with Crippen molar-refractivity contribution in [1.82, 2.24) is 10.2 Å². The number of rotatable bonds is 7. The van der Waals surface area contributed by atoms with E-state index in [4.69, 9.17) is 4.74 Å². The fourth-order valence-electron chi connectivity index (χ4n) is 2.86. The molecular weight excluding hydrogens is 280 g/mol. The number of thiophene rings is 1. The van der Waals surface area contributed by atoms with Gasteiger partial charge in [0.1, 0.15) is 0 Å². The number of hydrogen-bond acceptors (Lipinski definition) is 4. The van der Waals surface area contributed by atoms with E-state index in [9.17, 15) is 0 Å². The second-order valence-electron chi connectivity index (χ2n) is 6.37. The average Bonchev–Trinajstić information content (AvgIpc) is 2.87. The molecule has 2 rings (SSSR count). The third kappa shape index (κ3) is 5.70. The lowest BCUT2D eigenvalue weighted by Gasteiger charge is -2.33. The summed E-state index contributed by atoms with van der Waals surface area (Å²) < 4.78 is 5.64. The molecule has 1 atom stereocenters. The standard InChI is InChI=1S/C17H30N2OS/c1-13(2)20-12-11-19-9-7-16(8-10-19)18-15(4)17-6-5-14(3)21-17/h5-6,13,15-16,18H,7-12H2,1-4H3. The largest absolute Gasteiger partial charge is 0.377 e. The molecule has 21 heavy (non-hydrogen) atoms. The molecular formula is C17H30N2OS. The van der Waals surface area contributed by atoms with Gasteiger partial charge in [0.15, 0.2) is 0 Å². The van der Waals surface area contributed by atoms with Crippen LogP contribution in [0.3, 0.4) is 0 Å². The monoisotopic (exact) mass is 310 g/mol. The third-order valence-corrected chi connectivity index (χ3v) is 5.30. The lowest BCUT2D eigenvalue weighted by Crippen LogP contribution is -2.44. The molecule has 0 bridgehead atoms. The van der Waals surface area contributed by atoms with Crippen molar-refractivity contribution in [3.63, 3.8) is 0 Å². The smallest absolute Gasteiger partial charge is 0.0596 e. The second-order valence-corrected chi connectivity index (χ2v) is 7.69. The van der Waals surface area contributed by atoms with E-state index in [1.165, 1.54) is 35.7 Å². The van der Waals surface area contributed by atoms with Crippen molar-refractivity contribution >= 4 is 11.3 Å². The molecule has 1 N–H and O–H groups in total. The molecule has 0 aliphatic carbocycles. The lowest BCUT2D eigenvalue weighted by atomic mass is 10.0. The Bertz CT molecular complexity index is 411. The quantitative estimate of drug-likeness (QED) is 0.833. The van der Waals surface area contributed by atoms with Gasteiger partial charge in [-0.05, 0) is 65.8 Å². The molecule has 1 unspecified atom stereocenters. The van der Waals surface area contributed by atoms with E-state index < -0.39 is 0 Å². The Kier molecular flexibility index (Phi) is 6.68. The van der Waals surface area contributed by atoms with Gasteiger partial charge in [0.2, 0.25) is 0 Å². The summed E-state index contributed by atoms with van der Waals surface area (Å²) in [5, 5.41) is 3.80. The van der Waals surface area contributed by atoms with Crippen LogP contribution in [-0.2, 0) is 4.74 Å². The predicted molar refractivity (Wildman–Crippen MR) is 91.2 cm³/mol. The Hall–Kier alpha value is -0.420. The number of nitrogens with one attached hydrogen (secondary N) is 1. The molecule has 120 valence electrons. The molecule has 4 heteroatoms. The van der Waals surface area contributed by atoms with Gasteiger partial charge in [0.05, 0.1) is 12.7 Å². The number of ether oxygens (including phenoxy) is 1. The summed E-state index contributed by atoms with van der Waals surface area (Å²) in [4.78, 5) is 5.39. The first-order valence-corrected chi connectivity index (χ1v) is 9.02. The van der Waals surface area contributed by atoms with Crippen LogP contribution in [0.2, 0.25) is 0 Å². The van der Waals surface area contributed by atoms with E-state index in [0.29, 0.717) is 18.2 Å². The first kappa shape index (κ1) is 16.9. The van der Waals surface area contributed by atoms with Crippen LogP contribution in [-0.4, -0.2) is 43.3 Å². The summed E-state index contributed by atoms with van der Waals surface area (Å²) in [6, 6.07) is 5.61. The Morgan fingerprint density at radius 2 is 2.00 bits per heavy atom. The number of hydrogen-bond donors (Lipinski definition) is 1. The van der Waals surface area contributed by atoms with E-state index in [0.717, 1.165) is 13.2 Å². The number of aryl methyl sites for hydroxylation is 1. The SMILES string of the molecule is Cc1ccc(C(C)NC2CCN(CCOC(C)C)CC2)s1. The van der Waals surface area contributed by atoms with Crippen LogP contribution in [0.5, 0.6) is 0 Å². The average molecular weight is 311 g/mol. The molecule has 0 spiro atoms. The second kappa shape index (κ2) is 8.28. The summed E-state index contributed by atoms with van der Waals surface area (Å²) in [5.41, 5.74) is 0. The summed E-state index contributed by atoms with van der Waals surface area (Å²) in [5.74, 6) is 0. The zero-order chi connectivity index (χ0) is 15.2. The van der Waals surface area contributed by atoms with Gasteiger partial charge in [-0.15, -0.1) is 11.3 Å². The third-order valence-electron chi connectivity index (χ3n) is 4.12. The van der Waals surface area contributed by atoms with Crippen LogP contribution in [0.15, 0.2) is 12.1 Å². The highest BCUT2D eigenvalue weighted by atomic mass is 32.1. The molecule has 1 aliphatic heterocycles. The summed E-state index contributed by atoms with van der Waals surface area (Å²) in [7, 11) is 0. The minimum Gasteiger partial charge on any atom is -0.377 e. The van der Waals surface area contributed by atoms with Crippen molar-refractivity contribution < 1.29 is 4.74 Å². The van der Waals surface area contributed by atoms with Crippen LogP contribution < -0.4 is 5.32 Å². The van der Waals surface area contributed by atoms with Crippen molar-refractivity contribution in [2.75, 3.05) is 26.2 Å². The van der Waals surface area contributed by atoms with Crippen molar-refractivity contribution in [2.24, 2.45) is 0 Å². The molecule has 1 aromatic rings. The highest BCUT2D eigenvalue weighted by molar-refractivity contribution is 7.12. The summed E-state index contributed by atoms with van der Waals surface area (Å²) in [6.45, 7) is 13.0. The Labute approximate surface area is 133 Å². The topological polar surface area (TPSA) is 24.5 Å². The molecule has 1 saturated heterocycles. The van der Waals surface area contributed by atoms with Crippen LogP contribution in [0.4, 0.5) is 0 Å². The molecule has 1 aromatic heterocycles. The van der Waals surface area contributed by atoms with Crippen molar-refractivity contribution in [1.29, 1.82) is 0 Å². The molecule has 0 amide bonds. The summed E-state index contributed by atoms with van der Waals surface area (Å²) >= 11 is 1.91. The number of likely N-dealkylation sites (tertiary alicyclic amines) is 1. The van der Waals surface area contributed by atoms with Gasteiger partial charge in [0.25, 0.3) is 0 Å². The summed E-state index contributed by atoms with van der Waals surface area (Å²) in [6.07, 6.45) is 2.84. The molecule has 1 fully saturated rings. The highest BCUT2D eigenvalue weighted by Crippen LogP contribution is 2.24. The molecule has 0 radical (unpaired) electrons. The van der Waals surface area contributed by atoms with E-state index in [-0.39, 0.29) is 0 Å². The van der Waals surface area contributed by atoms with Crippen molar-refractivity contribution in [2.45, 2.75) is 58.7 Å². The fraction of sp³-hybridized carbons (Fsp3) is 0.765. The zero-order valence-corrected chi connectivity index (χ0v) is 14.7. The van der Waals surface area contributed by atoms with Gasteiger partial charge in [-0.1, -0.05) is 0 Å². The predicted octanol–water partition coefficient (Wildman–Crippen LogP) is 3.60. The highest BCUT2D eigenvalue weighted by Gasteiger charge is 2.21. The van der Waals surface area contributed by atoms with Crippen LogP contribution in [0.25, 0.3) is 0 Å². The van der Waals surface area contributed by atoms with Crippen molar-refractivity contribution in [3.05, 3.63) is 21.9 Å². The first-order valence-electron chi connectivity index (χ1n) is 8.21. The normalized spacial score (nSPS) is 19.3. The molecule has 0 aromatic carbocycles. The fourth-order valence-corrected chi connectivity index (χ4v) is 3.75. The van der Waals surface area contributed by atoms with Gasteiger partial charge in [-0.3, -0.25) is 0 Å². The van der Waals surface area contributed by atoms with Crippen LogP contribution in [0, 0.1) is 6.92 Å². The van der Waals surface area contributed by atoms with E-state index >= 15 is 0 Å². The molecule has 2 heterocycles. The van der Waals surface area contributed by atoms with Gasteiger partial charge >= 0.3 is 0 Å². The maximum Gasteiger partial charge on any atom is 0.0596 e. The Balaban J connectivity index is 1.67. The number of piperidine rings is 1. The van der Waals surface area contributed by atoms with Gasteiger partial charge in [-0.2, -0.15) is 0 Å². The molecule has 0 saturated carbocycles. The zero-order valence-electron chi connectivity index (χ0n) is 13.9. The Morgan fingerprint density at radius 1 is 1.29 bits per heavy atom. The van der Waals surface area contributed by atoms with E-state index in [1.807, 2.05) is 11.3 Å². The van der Waals surface area contributed by atoms with Crippen LogP contribution in [0.1, 0.15) is 49.4 Å².